The van der Waals surface area contributed by atoms with Gasteiger partial charge in [0.1, 0.15) is 16.1 Å². The van der Waals surface area contributed by atoms with Gasteiger partial charge in [0.15, 0.2) is 0 Å². The Morgan fingerprint density at radius 3 is 2.83 bits per heavy atom. The normalized spacial score (nSPS) is 13.8. The minimum atomic E-state index is 0.505. The molecule has 0 atom stereocenters. The van der Waals surface area contributed by atoms with Crippen molar-refractivity contribution in [3.63, 3.8) is 0 Å². The van der Waals surface area contributed by atoms with Crippen molar-refractivity contribution in [2.24, 2.45) is 4.99 Å². The zero-order chi connectivity index (χ0) is 8.55. The summed E-state index contributed by atoms with van der Waals surface area (Å²) in [6.07, 6.45) is 0. The van der Waals surface area contributed by atoms with Crippen molar-refractivity contribution < 1.29 is 4.79 Å². The Balaban J connectivity index is 2.73. The average Bonchev–Trinajstić information content (AvgIpc) is 2.40. The van der Waals surface area contributed by atoms with Crippen LogP contribution in [0.25, 0.3) is 5.57 Å². The fraction of sp³-hybridized carbons (Fsp3) is 0. The summed E-state index contributed by atoms with van der Waals surface area (Å²) < 4.78 is 0.568. The third-order valence-electron chi connectivity index (χ3n) is 1.70. The molecule has 2 nitrogen and oxygen atoms in total. The first-order chi connectivity index (χ1) is 5.83. The molecular formula is C9H4BrNO. The number of carbonyl (C=O) groups excluding carboxylic acids is 1. The molecule has 0 spiro atoms. The van der Waals surface area contributed by atoms with E-state index in [0.29, 0.717) is 10.2 Å². The van der Waals surface area contributed by atoms with Crippen molar-refractivity contribution in [3.05, 3.63) is 29.8 Å². The highest BCUT2D eigenvalue weighted by Crippen LogP contribution is 2.34. The van der Waals surface area contributed by atoms with E-state index in [2.05, 4.69) is 20.9 Å². The molecule has 1 aliphatic heterocycles. The lowest BCUT2D eigenvalue weighted by atomic mass is 10.1. The highest BCUT2D eigenvalue weighted by Gasteiger charge is 2.18. The van der Waals surface area contributed by atoms with Gasteiger partial charge >= 0.3 is 0 Å². The summed E-state index contributed by atoms with van der Waals surface area (Å²) in [7, 11) is 0. The highest BCUT2D eigenvalue weighted by molar-refractivity contribution is 9.18. The van der Waals surface area contributed by atoms with E-state index >= 15 is 0 Å². The van der Waals surface area contributed by atoms with Crippen LogP contribution >= 0.6 is 15.9 Å². The summed E-state index contributed by atoms with van der Waals surface area (Å²) >= 11 is 3.20. The van der Waals surface area contributed by atoms with Crippen LogP contribution in [-0.4, -0.2) is 10.6 Å². The molecule has 0 amide bonds. The van der Waals surface area contributed by atoms with Gasteiger partial charge in [-0.15, -0.1) is 0 Å². The lowest BCUT2D eigenvalue weighted by molar-refractivity contribution is 0.570. The van der Waals surface area contributed by atoms with Gasteiger partial charge in [-0.2, -0.15) is 0 Å². The Labute approximate surface area is 77.8 Å². The van der Waals surface area contributed by atoms with Crippen LogP contribution in [0.15, 0.2) is 29.3 Å². The van der Waals surface area contributed by atoms with Crippen LogP contribution in [0.4, 0.5) is 5.69 Å². The lowest BCUT2D eigenvalue weighted by Gasteiger charge is -1.92. The van der Waals surface area contributed by atoms with Crippen molar-refractivity contribution in [1.29, 1.82) is 0 Å². The van der Waals surface area contributed by atoms with Crippen LogP contribution in [0.2, 0.25) is 0 Å². The van der Waals surface area contributed by atoms with E-state index < -0.39 is 0 Å². The minimum absolute atomic E-state index is 0.505. The molecular weight excluding hydrogens is 218 g/mol. The second kappa shape index (κ2) is 2.70. The number of para-hydroxylation sites is 1. The number of fused-ring (bicyclic) bond motifs is 1. The number of hydrogen-bond acceptors (Lipinski definition) is 2. The van der Waals surface area contributed by atoms with Crippen LogP contribution in [0.3, 0.4) is 0 Å². The topological polar surface area (TPSA) is 29.4 Å². The van der Waals surface area contributed by atoms with Gasteiger partial charge < -0.3 is 0 Å². The van der Waals surface area contributed by atoms with Crippen molar-refractivity contribution >= 4 is 37.8 Å². The van der Waals surface area contributed by atoms with E-state index in [0.717, 1.165) is 11.3 Å². The summed E-state index contributed by atoms with van der Waals surface area (Å²) in [4.78, 5) is 14.6. The monoisotopic (exact) mass is 221 g/mol. The summed E-state index contributed by atoms with van der Waals surface area (Å²) in [6, 6.07) is 7.47. The van der Waals surface area contributed by atoms with E-state index in [1.165, 1.54) is 0 Å². The number of nitrogens with zero attached hydrogens (tertiary/aromatic N) is 1. The summed E-state index contributed by atoms with van der Waals surface area (Å²) in [5.74, 6) is 1.86. The predicted octanol–water partition coefficient (Wildman–Crippen LogP) is 2.34. The third-order valence-corrected chi connectivity index (χ3v) is 2.27. The Kier molecular flexibility index (Phi) is 1.68. The van der Waals surface area contributed by atoms with Gasteiger partial charge in [-0.25, -0.2) is 9.79 Å². The fourth-order valence-corrected chi connectivity index (χ4v) is 1.64. The van der Waals surface area contributed by atoms with Gasteiger partial charge in [0, 0.05) is 5.56 Å². The number of hydrogen-bond donors (Lipinski definition) is 0. The van der Waals surface area contributed by atoms with Gasteiger partial charge in [0.25, 0.3) is 0 Å². The zero-order valence-electron chi connectivity index (χ0n) is 6.04. The van der Waals surface area contributed by atoms with E-state index in [1.807, 2.05) is 30.2 Å². The molecule has 0 fully saturated rings. The summed E-state index contributed by atoms with van der Waals surface area (Å²) in [5.41, 5.74) is 2.17. The van der Waals surface area contributed by atoms with Gasteiger partial charge in [0.2, 0.25) is 0 Å². The van der Waals surface area contributed by atoms with E-state index in [1.54, 1.807) is 0 Å². The first-order valence-corrected chi connectivity index (χ1v) is 4.21. The molecule has 1 aliphatic rings. The SMILES string of the molecule is O=C=C1C(Br)=Nc2ccccc21. The molecule has 58 valence electrons. The number of halogens is 1. The standard InChI is InChI=1S/C9H4BrNO/c10-9-7(5-12)6-3-1-2-4-8(6)11-9/h1-4H. The number of aliphatic imine (C=N–C) groups is 1. The van der Waals surface area contributed by atoms with Gasteiger partial charge in [-0.05, 0) is 22.0 Å². The Hall–Kier alpha value is -1.18. The minimum Gasteiger partial charge on any atom is -0.239 e. The van der Waals surface area contributed by atoms with Crippen LogP contribution < -0.4 is 0 Å². The molecule has 1 heterocycles. The highest BCUT2D eigenvalue weighted by atomic mass is 79.9. The van der Waals surface area contributed by atoms with Crippen LogP contribution in [-0.2, 0) is 4.79 Å². The second-order valence-electron chi connectivity index (χ2n) is 2.40. The molecule has 0 aliphatic carbocycles. The largest absolute Gasteiger partial charge is 0.239 e. The molecule has 0 unspecified atom stereocenters. The Morgan fingerprint density at radius 1 is 1.33 bits per heavy atom. The first-order valence-electron chi connectivity index (χ1n) is 3.42. The third kappa shape index (κ3) is 0.951. The molecule has 2 rings (SSSR count). The van der Waals surface area contributed by atoms with Crippen molar-refractivity contribution in [1.82, 2.24) is 0 Å². The number of rotatable bonds is 0. The molecule has 0 radical (unpaired) electrons. The van der Waals surface area contributed by atoms with Gasteiger partial charge in [-0.3, -0.25) is 0 Å². The molecule has 1 aromatic rings. The maximum absolute atomic E-state index is 10.5. The summed E-state index contributed by atoms with van der Waals surface area (Å²) in [6.45, 7) is 0. The van der Waals surface area contributed by atoms with Gasteiger partial charge in [-0.1, -0.05) is 18.2 Å². The van der Waals surface area contributed by atoms with Crippen LogP contribution in [0, 0.1) is 0 Å². The molecule has 0 aromatic heterocycles. The molecule has 12 heavy (non-hydrogen) atoms. The Morgan fingerprint density at radius 2 is 2.08 bits per heavy atom. The maximum atomic E-state index is 10.5. The van der Waals surface area contributed by atoms with Crippen molar-refractivity contribution in [2.45, 2.75) is 0 Å². The van der Waals surface area contributed by atoms with E-state index in [9.17, 15) is 4.79 Å². The lowest BCUT2D eigenvalue weighted by Crippen LogP contribution is -1.85. The molecule has 0 N–H and O–H groups in total. The van der Waals surface area contributed by atoms with Gasteiger partial charge in [0.05, 0.1) is 5.69 Å². The van der Waals surface area contributed by atoms with Crippen molar-refractivity contribution in [3.8, 4) is 0 Å². The maximum Gasteiger partial charge on any atom is 0.135 e. The number of allylic oxidation sites excluding steroid dienone is 1. The zero-order valence-corrected chi connectivity index (χ0v) is 7.63. The van der Waals surface area contributed by atoms with E-state index in [-0.39, 0.29) is 0 Å². The molecule has 0 saturated carbocycles. The van der Waals surface area contributed by atoms with Crippen molar-refractivity contribution in [2.75, 3.05) is 0 Å². The molecule has 0 bridgehead atoms. The molecule has 3 heteroatoms. The van der Waals surface area contributed by atoms with Crippen LogP contribution in [0.1, 0.15) is 5.56 Å². The summed E-state index contributed by atoms with van der Waals surface area (Å²) in [5, 5.41) is 0. The Bertz CT molecular complexity index is 416. The molecule has 0 saturated heterocycles. The fourth-order valence-electron chi connectivity index (χ4n) is 1.15. The smallest absolute Gasteiger partial charge is 0.135 e. The first kappa shape index (κ1) is 7.47. The quantitative estimate of drug-likeness (QED) is 0.619. The number of benzene rings is 1. The average molecular weight is 222 g/mol. The second-order valence-corrected chi connectivity index (χ2v) is 3.15. The molecule has 1 aromatic carbocycles. The predicted molar refractivity (Wildman–Crippen MR) is 51.6 cm³/mol. The van der Waals surface area contributed by atoms with Crippen LogP contribution in [0.5, 0.6) is 0 Å². The van der Waals surface area contributed by atoms with E-state index in [4.69, 9.17) is 0 Å².